The Morgan fingerprint density at radius 2 is 1.76 bits per heavy atom. The van der Waals surface area contributed by atoms with Gasteiger partial charge in [0.25, 0.3) is 5.91 Å². The minimum atomic E-state index is -0.178. The van der Waals surface area contributed by atoms with Crippen LogP contribution >= 0.6 is 0 Å². The molecule has 1 aromatic rings. The molecule has 116 valence electrons. The van der Waals surface area contributed by atoms with Crippen molar-refractivity contribution < 1.29 is 23.7 Å². The highest BCUT2D eigenvalue weighted by atomic mass is 16.5. The molecule has 1 N–H and O–H groups in total. The molecule has 1 aliphatic rings. The van der Waals surface area contributed by atoms with Gasteiger partial charge in [-0.15, -0.1) is 0 Å². The normalized spacial score (nSPS) is 15.8. The molecule has 21 heavy (non-hydrogen) atoms. The highest BCUT2D eigenvalue weighted by molar-refractivity contribution is 5.95. The molecule has 0 unspecified atom stereocenters. The molecule has 0 radical (unpaired) electrons. The summed E-state index contributed by atoms with van der Waals surface area (Å²) in [5, 5.41) is 2.91. The number of nitrogens with one attached hydrogen (secondary N) is 1. The van der Waals surface area contributed by atoms with Crippen molar-refractivity contribution in [3.63, 3.8) is 0 Å². The Morgan fingerprint density at radius 1 is 1.19 bits per heavy atom. The topological polar surface area (TPSA) is 66.0 Å². The Hall–Kier alpha value is -1.95. The number of carbonyl (C=O) groups excluding carboxylic acids is 1. The van der Waals surface area contributed by atoms with Crippen LogP contribution in [0, 0.1) is 5.41 Å². The number of carbonyl (C=O) groups is 1. The second-order valence-corrected chi connectivity index (χ2v) is 5.40. The maximum atomic E-state index is 12.3. The fourth-order valence-corrected chi connectivity index (χ4v) is 2.16. The third-order valence-electron chi connectivity index (χ3n) is 3.50. The molecule has 1 aliphatic heterocycles. The largest absolute Gasteiger partial charge is 0.493 e. The van der Waals surface area contributed by atoms with Gasteiger partial charge in [0.2, 0.25) is 5.75 Å². The van der Waals surface area contributed by atoms with Gasteiger partial charge in [-0.1, -0.05) is 6.92 Å². The van der Waals surface area contributed by atoms with E-state index in [-0.39, 0.29) is 11.3 Å². The van der Waals surface area contributed by atoms with Crippen LogP contribution in [0.1, 0.15) is 17.3 Å². The lowest BCUT2D eigenvalue weighted by molar-refractivity contribution is -0.0978. The zero-order valence-corrected chi connectivity index (χ0v) is 12.8. The van der Waals surface area contributed by atoms with E-state index in [4.69, 9.17) is 18.9 Å². The lowest BCUT2D eigenvalue weighted by Gasteiger charge is -2.38. The van der Waals surface area contributed by atoms with E-state index in [1.54, 1.807) is 12.1 Å². The third kappa shape index (κ3) is 3.21. The number of benzene rings is 1. The molecular formula is C15H21NO5. The first-order chi connectivity index (χ1) is 10.0. The van der Waals surface area contributed by atoms with Gasteiger partial charge >= 0.3 is 0 Å². The number of hydrogen-bond donors (Lipinski definition) is 1. The predicted molar refractivity (Wildman–Crippen MR) is 77.4 cm³/mol. The average Bonchev–Trinajstić information content (AvgIpc) is 2.48. The molecule has 6 nitrogen and oxygen atoms in total. The van der Waals surface area contributed by atoms with Crippen molar-refractivity contribution in [2.75, 3.05) is 41.1 Å². The maximum absolute atomic E-state index is 12.3. The van der Waals surface area contributed by atoms with Gasteiger partial charge in [-0.2, -0.15) is 0 Å². The van der Waals surface area contributed by atoms with Crippen LogP contribution in [0.3, 0.4) is 0 Å². The molecule has 0 aliphatic carbocycles. The summed E-state index contributed by atoms with van der Waals surface area (Å²) in [5.41, 5.74) is 0.490. The first-order valence-corrected chi connectivity index (χ1v) is 6.69. The molecule has 1 amide bonds. The fraction of sp³-hybridized carbons (Fsp3) is 0.533. The van der Waals surface area contributed by atoms with Gasteiger partial charge in [0.05, 0.1) is 34.5 Å². The lowest BCUT2D eigenvalue weighted by Crippen LogP contribution is -2.48. The summed E-state index contributed by atoms with van der Waals surface area (Å²) in [6.45, 7) is 3.99. The number of rotatable bonds is 6. The first kappa shape index (κ1) is 15.4. The van der Waals surface area contributed by atoms with E-state index in [1.807, 2.05) is 0 Å². The Kier molecular flexibility index (Phi) is 4.57. The van der Waals surface area contributed by atoms with Gasteiger partial charge in [0.1, 0.15) is 0 Å². The van der Waals surface area contributed by atoms with Crippen LogP contribution in [-0.2, 0) is 4.74 Å². The number of amides is 1. The first-order valence-electron chi connectivity index (χ1n) is 6.69. The van der Waals surface area contributed by atoms with Crippen molar-refractivity contribution in [1.29, 1.82) is 0 Å². The van der Waals surface area contributed by atoms with E-state index in [1.165, 1.54) is 21.3 Å². The SMILES string of the molecule is COc1cc(C(=O)NCC2(C)COC2)cc(OC)c1OC. The molecule has 1 aromatic carbocycles. The predicted octanol–water partition coefficient (Wildman–Crippen LogP) is 1.48. The number of methoxy groups -OCH3 is 3. The summed E-state index contributed by atoms with van der Waals surface area (Å²) in [5.74, 6) is 1.21. The summed E-state index contributed by atoms with van der Waals surface area (Å²) < 4.78 is 20.9. The lowest BCUT2D eigenvalue weighted by atomic mass is 9.88. The van der Waals surface area contributed by atoms with Crippen molar-refractivity contribution in [2.24, 2.45) is 5.41 Å². The minimum absolute atomic E-state index is 0.0241. The van der Waals surface area contributed by atoms with Crippen LogP contribution in [-0.4, -0.2) is 47.0 Å². The second kappa shape index (κ2) is 6.22. The Labute approximate surface area is 124 Å². The summed E-state index contributed by atoms with van der Waals surface area (Å²) in [7, 11) is 4.56. The van der Waals surface area contributed by atoms with E-state index in [0.29, 0.717) is 42.6 Å². The van der Waals surface area contributed by atoms with E-state index in [0.717, 1.165) is 0 Å². The minimum Gasteiger partial charge on any atom is -0.493 e. The van der Waals surface area contributed by atoms with Crippen LogP contribution in [0.15, 0.2) is 12.1 Å². The van der Waals surface area contributed by atoms with Gasteiger partial charge in [-0.05, 0) is 12.1 Å². The van der Waals surface area contributed by atoms with Gasteiger partial charge in [-0.25, -0.2) is 0 Å². The van der Waals surface area contributed by atoms with Crippen LogP contribution in [0.25, 0.3) is 0 Å². The quantitative estimate of drug-likeness (QED) is 0.861. The number of ether oxygens (including phenoxy) is 4. The van der Waals surface area contributed by atoms with E-state index in [2.05, 4.69) is 12.2 Å². The van der Waals surface area contributed by atoms with Crippen molar-refractivity contribution in [3.8, 4) is 17.2 Å². The highest BCUT2D eigenvalue weighted by Gasteiger charge is 2.33. The van der Waals surface area contributed by atoms with Crippen molar-refractivity contribution >= 4 is 5.91 Å². The Morgan fingerprint density at radius 3 is 2.14 bits per heavy atom. The van der Waals surface area contributed by atoms with Gasteiger partial charge in [-0.3, -0.25) is 4.79 Å². The smallest absolute Gasteiger partial charge is 0.251 e. The van der Waals surface area contributed by atoms with E-state index >= 15 is 0 Å². The average molecular weight is 295 g/mol. The summed E-state index contributed by atoms with van der Waals surface area (Å²) in [6, 6.07) is 3.27. The van der Waals surface area contributed by atoms with E-state index in [9.17, 15) is 4.79 Å². The number of hydrogen-bond acceptors (Lipinski definition) is 5. The van der Waals surface area contributed by atoms with Gasteiger partial charge < -0.3 is 24.3 Å². The Balaban J connectivity index is 2.16. The zero-order chi connectivity index (χ0) is 15.5. The Bertz CT molecular complexity index is 500. The molecule has 1 heterocycles. The van der Waals surface area contributed by atoms with Crippen LogP contribution < -0.4 is 19.5 Å². The molecule has 1 fully saturated rings. The third-order valence-corrected chi connectivity index (χ3v) is 3.50. The standard InChI is InChI=1S/C15H21NO5/c1-15(8-21-9-15)7-16-14(17)10-5-11(18-2)13(20-4)12(6-10)19-3/h5-6H,7-9H2,1-4H3,(H,16,17). The molecule has 0 spiro atoms. The van der Waals surface area contributed by atoms with Crippen LogP contribution in [0.2, 0.25) is 0 Å². The molecule has 0 bridgehead atoms. The monoisotopic (exact) mass is 295 g/mol. The molecule has 6 heteroatoms. The summed E-state index contributed by atoms with van der Waals surface area (Å²) in [4.78, 5) is 12.3. The zero-order valence-electron chi connectivity index (χ0n) is 12.8. The molecule has 0 aromatic heterocycles. The highest BCUT2D eigenvalue weighted by Crippen LogP contribution is 2.38. The summed E-state index contributed by atoms with van der Waals surface area (Å²) >= 11 is 0. The van der Waals surface area contributed by atoms with Gasteiger partial charge in [0.15, 0.2) is 11.5 Å². The molecule has 2 rings (SSSR count). The maximum Gasteiger partial charge on any atom is 0.251 e. The molecule has 1 saturated heterocycles. The van der Waals surface area contributed by atoms with Crippen molar-refractivity contribution in [3.05, 3.63) is 17.7 Å². The van der Waals surface area contributed by atoms with Crippen LogP contribution in [0.5, 0.6) is 17.2 Å². The second-order valence-electron chi connectivity index (χ2n) is 5.40. The van der Waals surface area contributed by atoms with E-state index < -0.39 is 0 Å². The molecular weight excluding hydrogens is 274 g/mol. The van der Waals surface area contributed by atoms with Crippen LogP contribution in [0.4, 0.5) is 0 Å². The van der Waals surface area contributed by atoms with Gasteiger partial charge in [0, 0.05) is 17.5 Å². The van der Waals surface area contributed by atoms with Crippen molar-refractivity contribution in [2.45, 2.75) is 6.92 Å². The summed E-state index contributed by atoms with van der Waals surface area (Å²) in [6.07, 6.45) is 0. The fourth-order valence-electron chi connectivity index (χ4n) is 2.16. The molecule has 0 saturated carbocycles. The van der Waals surface area contributed by atoms with Crippen molar-refractivity contribution in [1.82, 2.24) is 5.32 Å². The molecule has 0 atom stereocenters.